The van der Waals surface area contributed by atoms with Crippen molar-refractivity contribution in [1.29, 1.82) is 0 Å². The van der Waals surface area contributed by atoms with Crippen LogP contribution in [0, 0.1) is 3.57 Å². The Kier molecular flexibility index (Phi) is 7.72. The molecular formula is C19H24INO4S. The van der Waals surface area contributed by atoms with Crippen LogP contribution in [0.5, 0.6) is 11.5 Å². The van der Waals surface area contributed by atoms with Crippen LogP contribution < -0.4 is 14.2 Å². The zero-order chi connectivity index (χ0) is 19.2. The summed E-state index contributed by atoms with van der Waals surface area (Å²) in [6, 6.07) is 12.7. The van der Waals surface area contributed by atoms with E-state index in [1.807, 2.05) is 38.1 Å². The summed E-state index contributed by atoms with van der Waals surface area (Å²) in [4.78, 5) is 0.248. The van der Waals surface area contributed by atoms with Crippen LogP contribution in [0.2, 0.25) is 0 Å². The van der Waals surface area contributed by atoms with Gasteiger partial charge in [0, 0.05) is 6.54 Å². The van der Waals surface area contributed by atoms with Crippen molar-refractivity contribution in [2.24, 2.45) is 0 Å². The Bertz CT molecular complexity index is 820. The Balaban J connectivity index is 1.85. The highest BCUT2D eigenvalue weighted by Gasteiger charge is 2.15. The SMILES string of the molecule is COc1ccc(S(=O)(=O)NCCCc2ccc(OC(C)C)cc2)cc1I. The number of nitrogens with one attached hydrogen (secondary N) is 1. The molecule has 5 nitrogen and oxygen atoms in total. The van der Waals surface area contributed by atoms with Crippen molar-refractivity contribution in [3.8, 4) is 11.5 Å². The largest absolute Gasteiger partial charge is 0.496 e. The van der Waals surface area contributed by atoms with E-state index in [1.54, 1.807) is 25.3 Å². The maximum absolute atomic E-state index is 12.4. The molecule has 0 fully saturated rings. The average molecular weight is 489 g/mol. The molecule has 0 saturated heterocycles. The molecular weight excluding hydrogens is 465 g/mol. The number of hydrogen-bond acceptors (Lipinski definition) is 4. The van der Waals surface area contributed by atoms with E-state index in [2.05, 4.69) is 27.3 Å². The first-order valence-electron chi connectivity index (χ1n) is 8.40. The highest BCUT2D eigenvalue weighted by atomic mass is 127. The summed E-state index contributed by atoms with van der Waals surface area (Å²) >= 11 is 2.06. The van der Waals surface area contributed by atoms with Gasteiger partial charge in [-0.3, -0.25) is 0 Å². The number of benzene rings is 2. The second kappa shape index (κ2) is 9.57. The van der Waals surface area contributed by atoms with Gasteiger partial charge in [0.2, 0.25) is 10.0 Å². The van der Waals surface area contributed by atoms with Gasteiger partial charge in [0.1, 0.15) is 11.5 Å². The molecule has 0 aromatic heterocycles. The fraction of sp³-hybridized carbons (Fsp3) is 0.368. The first-order chi connectivity index (χ1) is 12.3. The number of ether oxygens (including phenoxy) is 2. The molecule has 0 bridgehead atoms. The third-order valence-electron chi connectivity index (χ3n) is 3.66. The first kappa shape index (κ1) is 21.0. The molecule has 2 rings (SSSR count). The lowest BCUT2D eigenvalue weighted by atomic mass is 10.1. The number of aryl methyl sites for hydroxylation is 1. The quantitative estimate of drug-likeness (QED) is 0.428. The lowest BCUT2D eigenvalue weighted by Gasteiger charge is -2.11. The summed E-state index contributed by atoms with van der Waals surface area (Å²) in [6.45, 7) is 4.36. The predicted octanol–water partition coefficient (Wildman–Crippen LogP) is 4.00. The smallest absolute Gasteiger partial charge is 0.240 e. The Morgan fingerprint density at radius 3 is 2.38 bits per heavy atom. The van der Waals surface area contributed by atoms with Crippen LogP contribution in [0.1, 0.15) is 25.8 Å². The Morgan fingerprint density at radius 1 is 1.12 bits per heavy atom. The van der Waals surface area contributed by atoms with Gasteiger partial charge in [0.15, 0.2) is 0 Å². The number of methoxy groups -OCH3 is 1. The van der Waals surface area contributed by atoms with Crippen LogP contribution in [-0.2, 0) is 16.4 Å². The van der Waals surface area contributed by atoms with Gasteiger partial charge in [-0.05, 0) is 85.2 Å². The van der Waals surface area contributed by atoms with E-state index in [0.29, 0.717) is 12.3 Å². The summed E-state index contributed by atoms with van der Waals surface area (Å²) in [7, 11) is -1.95. The maximum atomic E-state index is 12.4. The normalized spacial score (nSPS) is 11.6. The van der Waals surface area contributed by atoms with E-state index in [4.69, 9.17) is 9.47 Å². The minimum absolute atomic E-state index is 0.149. The van der Waals surface area contributed by atoms with Gasteiger partial charge >= 0.3 is 0 Å². The van der Waals surface area contributed by atoms with Crippen molar-refractivity contribution in [3.63, 3.8) is 0 Å². The van der Waals surface area contributed by atoms with E-state index < -0.39 is 10.0 Å². The van der Waals surface area contributed by atoms with Gasteiger partial charge in [-0.1, -0.05) is 12.1 Å². The fourth-order valence-corrected chi connectivity index (χ4v) is 4.45. The molecule has 2 aromatic carbocycles. The van der Waals surface area contributed by atoms with E-state index in [1.165, 1.54) is 0 Å². The molecule has 0 aliphatic rings. The molecule has 2 aromatic rings. The zero-order valence-corrected chi connectivity index (χ0v) is 18.1. The Morgan fingerprint density at radius 2 is 1.81 bits per heavy atom. The fourth-order valence-electron chi connectivity index (χ4n) is 2.40. The molecule has 7 heteroatoms. The summed E-state index contributed by atoms with van der Waals surface area (Å²) < 4.78 is 38.9. The van der Waals surface area contributed by atoms with Gasteiger partial charge in [-0.25, -0.2) is 13.1 Å². The number of hydrogen-bond donors (Lipinski definition) is 1. The minimum Gasteiger partial charge on any atom is -0.496 e. The summed E-state index contributed by atoms with van der Waals surface area (Å²) in [5.41, 5.74) is 1.15. The molecule has 142 valence electrons. The van der Waals surface area contributed by atoms with Crippen LogP contribution >= 0.6 is 22.6 Å². The lowest BCUT2D eigenvalue weighted by molar-refractivity contribution is 0.242. The maximum Gasteiger partial charge on any atom is 0.240 e. The van der Waals surface area contributed by atoms with E-state index in [0.717, 1.165) is 27.7 Å². The molecule has 0 aliphatic heterocycles. The molecule has 0 unspecified atom stereocenters. The monoisotopic (exact) mass is 489 g/mol. The van der Waals surface area contributed by atoms with Crippen molar-refractivity contribution in [2.45, 2.75) is 37.7 Å². The van der Waals surface area contributed by atoms with Gasteiger partial charge in [0.05, 0.1) is 21.7 Å². The van der Waals surface area contributed by atoms with Crippen molar-refractivity contribution in [2.75, 3.05) is 13.7 Å². The molecule has 0 radical (unpaired) electrons. The molecule has 1 N–H and O–H groups in total. The van der Waals surface area contributed by atoms with Crippen LogP contribution in [0.25, 0.3) is 0 Å². The molecule has 0 spiro atoms. The zero-order valence-electron chi connectivity index (χ0n) is 15.2. The summed E-state index contributed by atoms with van der Waals surface area (Å²) in [6.07, 6.45) is 1.66. The molecule has 0 aliphatic carbocycles. The standard InChI is InChI=1S/C19H24INO4S/c1-14(2)25-16-8-6-15(7-9-16)5-4-12-21-26(22,23)17-10-11-19(24-3)18(20)13-17/h6-11,13-14,21H,4-5,12H2,1-3H3. The predicted molar refractivity (Wildman–Crippen MR) is 111 cm³/mol. The molecule has 0 saturated carbocycles. The van der Waals surface area contributed by atoms with Gasteiger partial charge in [-0.2, -0.15) is 0 Å². The third kappa shape index (κ3) is 6.14. The van der Waals surface area contributed by atoms with E-state index >= 15 is 0 Å². The number of rotatable bonds is 9. The number of halogens is 1. The highest BCUT2D eigenvalue weighted by Crippen LogP contribution is 2.23. The van der Waals surface area contributed by atoms with Crippen molar-refractivity contribution in [3.05, 3.63) is 51.6 Å². The van der Waals surface area contributed by atoms with E-state index in [9.17, 15) is 8.42 Å². The topological polar surface area (TPSA) is 64.6 Å². The second-order valence-corrected chi connectivity index (χ2v) is 9.04. The van der Waals surface area contributed by atoms with Crippen LogP contribution in [0.15, 0.2) is 47.4 Å². The first-order valence-corrected chi connectivity index (χ1v) is 11.0. The second-order valence-electron chi connectivity index (χ2n) is 6.11. The lowest BCUT2D eigenvalue weighted by Crippen LogP contribution is -2.25. The Labute approximate surface area is 169 Å². The molecule has 0 atom stereocenters. The average Bonchev–Trinajstić information content (AvgIpc) is 2.59. The molecule has 26 heavy (non-hydrogen) atoms. The minimum atomic E-state index is -3.51. The van der Waals surface area contributed by atoms with Gasteiger partial charge < -0.3 is 9.47 Å². The summed E-state index contributed by atoms with van der Waals surface area (Å²) in [5.74, 6) is 1.51. The van der Waals surface area contributed by atoms with Crippen LogP contribution in [-0.4, -0.2) is 28.2 Å². The van der Waals surface area contributed by atoms with Crippen molar-refractivity contribution < 1.29 is 17.9 Å². The van der Waals surface area contributed by atoms with Gasteiger partial charge in [-0.15, -0.1) is 0 Å². The van der Waals surface area contributed by atoms with Gasteiger partial charge in [0.25, 0.3) is 0 Å². The highest BCUT2D eigenvalue weighted by molar-refractivity contribution is 14.1. The Hall–Kier alpha value is -1.32. The third-order valence-corrected chi connectivity index (χ3v) is 5.96. The van der Waals surface area contributed by atoms with Crippen LogP contribution in [0.3, 0.4) is 0 Å². The number of sulfonamides is 1. The van der Waals surface area contributed by atoms with Crippen LogP contribution in [0.4, 0.5) is 0 Å². The van der Waals surface area contributed by atoms with Crippen molar-refractivity contribution >= 4 is 32.6 Å². The van der Waals surface area contributed by atoms with Crippen molar-refractivity contribution in [1.82, 2.24) is 4.72 Å². The molecule has 0 amide bonds. The summed E-state index contributed by atoms with van der Waals surface area (Å²) in [5, 5.41) is 0. The molecule has 0 heterocycles. The van der Waals surface area contributed by atoms with E-state index in [-0.39, 0.29) is 11.0 Å².